The van der Waals surface area contributed by atoms with E-state index < -0.39 is 5.92 Å². The lowest BCUT2D eigenvalue weighted by Gasteiger charge is -2.30. The van der Waals surface area contributed by atoms with Crippen molar-refractivity contribution in [2.45, 2.75) is 19.8 Å². The molecule has 1 heterocycles. The Kier molecular flexibility index (Phi) is 6.18. The van der Waals surface area contributed by atoms with E-state index in [1.54, 1.807) is 25.3 Å². The Hall–Kier alpha value is -1.86. The Labute approximate surface area is 141 Å². The molecule has 1 aliphatic heterocycles. The zero-order valence-corrected chi connectivity index (χ0v) is 14.2. The van der Waals surface area contributed by atoms with Crippen LogP contribution >= 0.6 is 12.2 Å². The number of aliphatic imine (C=N–C) groups is 1. The van der Waals surface area contributed by atoms with Crippen molar-refractivity contribution in [3.63, 3.8) is 0 Å². The van der Waals surface area contributed by atoms with Crippen LogP contribution < -0.4 is 5.32 Å². The minimum atomic E-state index is -0.446. The molecule has 2 rings (SSSR count). The quantitative estimate of drug-likeness (QED) is 0.561. The molecule has 0 spiro atoms. The van der Waals surface area contributed by atoms with Crippen molar-refractivity contribution in [3.8, 4) is 0 Å². The number of rotatable bonds is 7. The summed E-state index contributed by atoms with van der Waals surface area (Å²) >= 11 is 5.19. The number of carbonyl (C=O) groups is 2. The van der Waals surface area contributed by atoms with Gasteiger partial charge < -0.3 is 10.1 Å². The second-order valence-corrected chi connectivity index (χ2v) is 5.71. The molecule has 1 N–H and O–H groups in total. The second-order valence-electron chi connectivity index (χ2n) is 5.35. The summed E-state index contributed by atoms with van der Waals surface area (Å²) in [5.74, 6) is -0.708. The lowest BCUT2D eigenvalue weighted by Crippen LogP contribution is -2.46. The summed E-state index contributed by atoms with van der Waals surface area (Å²) in [5, 5.41) is 3.09. The van der Waals surface area contributed by atoms with Crippen LogP contribution in [0, 0.1) is 5.92 Å². The van der Waals surface area contributed by atoms with Crippen LogP contribution in [0.25, 0.3) is 0 Å². The highest BCUT2D eigenvalue weighted by atomic mass is 32.1. The molecule has 124 valence electrons. The molecular weight excluding hydrogens is 314 g/mol. The molecule has 1 atom stereocenters. The standard InChI is InChI=1S/C16H21N3O3S/c1-3-8-19-15(21)12-6-5-11(10-13(12)18-16(19)23)14(20)17-7-4-9-22-2/h5-6,10,12H,3-4,7-9H2,1-2H3,(H,17,20). The number of amides is 2. The number of hydrogen-bond donors (Lipinski definition) is 1. The van der Waals surface area contributed by atoms with Gasteiger partial charge in [0.25, 0.3) is 5.91 Å². The van der Waals surface area contributed by atoms with Gasteiger partial charge in [0.15, 0.2) is 0 Å². The van der Waals surface area contributed by atoms with Gasteiger partial charge in [-0.05, 0) is 31.1 Å². The van der Waals surface area contributed by atoms with Gasteiger partial charge in [-0.15, -0.1) is 0 Å². The van der Waals surface area contributed by atoms with Gasteiger partial charge in [-0.25, -0.2) is 4.99 Å². The van der Waals surface area contributed by atoms with E-state index in [-0.39, 0.29) is 16.9 Å². The summed E-state index contributed by atoms with van der Waals surface area (Å²) in [6, 6.07) is 0. The van der Waals surface area contributed by atoms with Gasteiger partial charge >= 0.3 is 0 Å². The van der Waals surface area contributed by atoms with Crippen LogP contribution in [0.3, 0.4) is 0 Å². The number of nitrogens with one attached hydrogen (secondary N) is 1. The molecule has 6 nitrogen and oxygen atoms in total. The van der Waals surface area contributed by atoms with Crippen LogP contribution in [0.2, 0.25) is 0 Å². The maximum Gasteiger partial charge on any atom is 0.251 e. The summed E-state index contributed by atoms with van der Waals surface area (Å²) in [6.07, 6.45) is 6.60. The van der Waals surface area contributed by atoms with E-state index in [9.17, 15) is 9.59 Å². The Balaban J connectivity index is 2.07. The van der Waals surface area contributed by atoms with Gasteiger partial charge in [-0.1, -0.05) is 19.1 Å². The zero-order chi connectivity index (χ0) is 16.8. The summed E-state index contributed by atoms with van der Waals surface area (Å²) in [5.41, 5.74) is 1.02. The number of nitrogens with zero attached hydrogens (tertiary/aromatic N) is 2. The zero-order valence-electron chi connectivity index (χ0n) is 13.4. The second kappa shape index (κ2) is 8.12. The minimum absolute atomic E-state index is 0.0751. The lowest BCUT2D eigenvalue weighted by molar-refractivity contribution is -0.128. The molecule has 0 saturated heterocycles. The Bertz CT molecular complexity index is 595. The average molecular weight is 335 g/mol. The predicted octanol–water partition coefficient (Wildman–Crippen LogP) is 1.23. The van der Waals surface area contributed by atoms with Crippen LogP contribution in [-0.4, -0.2) is 54.3 Å². The summed E-state index contributed by atoms with van der Waals surface area (Å²) in [6.45, 7) is 3.68. The first-order valence-corrected chi connectivity index (χ1v) is 8.10. The highest BCUT2D eigenvalue weighted by molar-refractivity contribution is 7.80. The molecule has 1 unspecified atom stereocenters. The van der Waals surface area contributed by atoms with Crippen LogP contribution in [0.15, 0.2) is 28.8 Å². The van der Waals surface area contributed by atoms with E-state index in [4.69, 9.17) is 17.0 Å². The first-order chi connectivity index (χ1) is 11.1. The third-order valence-corrected chi connectivity index (χ3v) is 3.91. The van der Waals surface area contributed by atoms with Crippen molar-refractivity contribution >= 4 is 34.9 Å². The molecular formula is C16H21N3O3S. The van der Waals surface area contributed by atoms with E-state index in [1.807, 2.05) is 6.92 Å². The fourth-order valence-corrected chi connectivity index (χ4v) is 2.72. The van der Waals surface area contributed by atoms with E-state index in [2.05, 4.69) is 10.3 Å². The van der Waals surface area contributed by atoms with Crippen LogP contribution in [0.5, 0.6) is 0 Å². The third kappa shape index (κ3) is 4.11. The smallest absolute Gasteiger partial charge is 0.251 e. The van der Waals surface area contributed by atoms with E-state index in [1.165, 1.54) is 4.90 Å². The summed E-state index contributed by atoms with van der Waals surface area (Å²) in [4.78, 5) is 30.4. The van der Waals surface area contributed by atoms with Crippen molar-refractivity contribution in [2.75, 3.05) is 26.8 Å². The molecule has 0 fully saturated rings. The topological polar surface area (TPSA) is 71.0 Å². The van der Waals surface area contributed by atoms with Gasteiger partial charge in [-0.3, -0.25) is 14.5 Å². The summed E-state index contributed by atoms with van der Waals surface area (Å²) < 4.78 is 4.94. The number of allylic oxidation sites excluding steroid dienone is 1. The number of ether oxygens (including phenoxy) is 1. The normalized spacial score (nSPS) is 20.1. The lowest BCUT2D eigenvalue weighted by atomic mass is 9.91. The van der Waals surface area contributed by atoms with E-state index >= 15 is 0 Å². The number of methoxy groups -OCH3 is 1. The largest absolute Gasteiger partial charge is 0.385 e. The van der Waals surface area contributed by atoms with Gasteiger partial charge in [0.05, 0.1) is 11.6 Å². The molecule has 2 aliphatic rings. The summed E-state index contributed by atoms with van der Waals surface area (Å²) in [7, 11) is 1.62. The number of thiocarbonyl (C=S) groups is 1. The van der Waals surface area contributed by atoms with Crippen LogP contribution in [0.1, 0.15) is 19.8 Å². The molecule has 0 aromatic heterocycles. The van der Waals surface area contributed by atoms with Crippen molar-refractivity contribution in [1.82, 2.24) is 10.2 Å². The molecule has 0 saturated carbocycles. The molecule has 0 bridgehead atoms. The predicted molar refractivity (Wildman–Crippen MR) is 92.3 cm³/mol. The molecule has 0 aromatic carbocycles. The Morgan fingerprint density at radius 3 is 3.00 bits per heavy atom. The highest BCUT2D eigenvalue weighted by Crippen LogP contribution is 2.22. The van der Waals surface area contributed by atoms with Crippen molar-refractivity contribution in [1.29, 1.82) is 0 Å². The van der Waals surface area contributed by atoms with Crippen molar-refractivity contribution in [3.05, 3.63) is 23.8 Å². The van der Waals surface area contributed by atoms with Gasteiger partial charge in [0.2, 0.25) is 11.0 Å². The minimum Gasteiger partial charge on any atom is -0.385 e. The maximum absolute atomic E-state index is 12.4. The molecule has 1 aliphatic carbocycles. The molecule has 0 aromatic rings. The first kappa shape index (κ1) is 17.5. The van der Waals surface area contributed by atoms with E-state index in [0.29, 0.717) is 31.0 Å². The van der Waals surface area contributed by atoms with Crippen LogP contribution in [0.4, 0.5) is 0 Å². The fraction of sp³-hybridized carbons (Fsp3) is 0.500. The van der Waals surface area contributed by atoms with Crippen molar-refractivity contribution in [2.24, 2.45) is 10.9 Å². The molecule has 2 amide bonds. The Morgan fingerprint density at radius 2 is 2.30 bits per heavy atom. The van der Waals surface area contributed by atoms with Gasteiger partial charge in [0, 0.05) is 32.4 Å². The Morgan fingerprint density at radius 1 is 1.52 bits per heavy atom. The SMILES string of the molecule is CCCN1C(=O)C2C=CC(C(=O)NCCCOC)=CC2=NC1=S. The van der Waals surface area contributed by atoms with Crippen molar-refractivity contribution < 1.29 is 14.3 Å². The van der Waals surface area contributed by atoms with Crippen LogP contribution in [-0.2, 0) is 14.3 Å². The average Bonchev–Trinajstić information content (AvgIpc) is 2.54. The maximum atomic E-state index is 12.4. The van der Waals surface area contributed by atoms with Gasteiger partial charge in [0.1, 0.15) is 0 Å². The molecule has 0 radical (unpaired) electrons. The number of hydrogen-bond acceptors (Lipinski definition) is 4. The van der Waals surface area contributed by atoms with E-state index in [0.717, 1.165) is 12.8 Å². The molecule has 23 heavy (non-hydrogen) atoms. The number of carbonyl (C=O) groups excluding carboxylic acids is 2. The highest BCUT2D eigenvalue weighted by Gasteiger charge is 2.34. The fourth-order valence-electron chi connectivity index (χ4n) is 2.43. The number of fused-ring (bicyclic) bond motifs is 1. The first-order valence-electron chi connectivity index (χ1n) is 7.69. The van der Waals surface area contributed by atoms with Gasteiger partial charge in [-0.2, -0.15) is 0 Å². The molecule has 7 heteroatoms. The third-order valence-electron chi connectivity index (χ3n) is 3.60. The monoisotopic (exact) mass is 335 g/mol.